The van der Waals surface area contributed by atoms with Crippen molar-refractivity contribution in [2.75, 3.05) is 12.4 Å². The fraction of sp³-hybridized carbons (Fsp3) is 0.200. The Hall–Kier alpha value is -1.38. The van der Waals surface area contributed by atoms with Gasteiger partial charge in [-0.3, -0.25) is 0 Å². The summed E-state index contributed by atoms with van der Waals surface area (Å²) in [7, 11) is 1.67. The highest BCUT2D eigenvalue weighted by molar-refractivity contribution is 6.35. The van der Waals surface area contributed by atoms with E-state index in [0.29, 0.717) is 16.6 Å². The second-order valence-electron chi connectivity index (χ2n) is 4.28. The van der Waals surface area contributed by atoms with Crippen LogP contribution in [0, 0.1) is 6.92 Å². The highest BCUT2D eigenvalue weighted by atomic mass is 35.5. The maximum Gasteiger partial charge on any atom is 0.121 e. The predicted molar refractivity (Wildman–Crippen MR) is 81.5 cm³/mol. The van der Waals surface area contributed by atoms with Gasteiger partial charge >= 0.3 is 0 Å². The summed E-state index contributed by atoms with van der Waals surface area (Å²) in [5.74, 6) is 0.893. The topological polar surface area (TPSA) is 21.3 Å². The van der Waals surface area contributed by atoms with Crippen molar-refractivity contribution in [3.63, 3.8) is 0 Å². The van der Waals surface area contributed by atoms with Gasteiger partial charge in [0.05, 0.1) is 17.8 Å². The molecule has 0 amide bonds. The Morgan fingerprint density at radius 2 is 1.89 bits per heavy atom. The molecule has 0 fully saturated rings. The van der Waals surface area contributed by atoms with Crippen LogP contribution < -0.4 is 10.1 Å². The molecule has 19 heavy (non-hydrogen) atoms. The van der Waals surface area contributed by atoms with Gasteiger partial charge in [0.1, 0.15) is 5.75 Å². The molecule has 2 rings (SSSR count). The van der Waals surface area contributed by atoms with E-state index in [0.717, 1.165) is 22.6 Å². The number of ether oxygens (including phenoxy) is 1. The summed E-state index contributed by atoms with van der Waals surface area (Å²) in [6.07, 6.45) is 0. The number of aryl methyl sites for hydroxylation is 1. The number of nitrogens with one attached hydrogen (secondary N) is 1. The zero-order chi connectivity index (χ0) is 13.8. The van der Waals surface area contributed by atoms with E-state index in [-0.39, 0.29) is 0 Å². The third-order valence-corrected chi connectivity index (χ3v) is 3.44. The van der Waals surface area contributed by atoms with Crippen LogP contribution in [0.3, 0.4) is 0 Å². The van der Waals surface area contributed by atoms with Crippen molar-refractivity contribution in [3.8, 4) is 5.75 Å². The van der Waals surface area contributed by atoms with Gasteiger partial charge < -0.3 is 10.1 Å². The quantitative estimate of drug-likeness (QED) is 0.864. The molecule has 1 N–H and O–H groups in total. The number of hydrogen-bond acceptors (Lipinski definition) is 2. The van der Waals surface area contributed by atoms with Crippen LogP contribution in [0.5, 0.6) is 5.75 Å². The number of methoxy groups -OCH3 is 1. The molecule has 2 nitrogen and oxygen atoms in total. The van der Waals surface area contributed by atoms with Gasteiger partial charge in [0.15, 0.2) is 0 Å². The van der Waals surface area contributed by atoms with E-state index in [9.17, 15) is 0 Å². The molecule has 0 saturated heterocycles. The van der Waals surface area contributed by atoms with Gasteiger partial charge in [-0.2, -0.15) is 0 Å². The minimum absolute atomic E-state index is 0.662. The first-order valence-corrected chi connectivity index (χ1v) is 6.68. The zero-order valence-electron chi connectivity index (χ0n) is 10.8. The molecule has 0 heterocycles. The molecule has 0 aliphatic carbocycles. The molecule has 0 radical (unpaired) electrons. The minimum Gasteiger partial charge on any atom is -0.496 e. The fourth-order valence-corrected chi connectivity index (χ4v) is 2.24. The number of rotatable bonds is 4. The molecule has 0 unspecified atom stereocenters. The van der Waals surface area contributed by atoms with Crippen LogP contribution in [0.4, 0.5) is 5.69 Å². The van der Waals surface area contributed by atoms with Crippen LogP contribution in [0.2, 0.25) is 10.0 Å². The third-order valence-electron chi connectivity index (χ3n) is 2.87. The largest absolute Gasteiger partial charge is 0.496 e. The van der Waals surface area contributed by atoms with E-state index in [1.165, 1.54) is 0 Å². The highest BCUT2D eigenvalue weighted by Gasteiger charge is 2.03. The maximum atomic E-state index is 6.10. The van der Waals surface area contributed by atoms with Crippen molar-refractivity contribution >= 4 is 28.9 Å². The van der Waals surface area contributed by atoms with Gasteiger partial charge in [-0.05, 0) is 42.3 Å². The number of halogens is 2. The van der Waals surface area contributed by atoms with E-state index in [4.69, 9.17) is 27.9 Å². The van der Waals surface area contributed by atoms with Crippen LogP contribution in [-0.4, -0.2) is 7.11 Å². The van der Waals surface area contributed by atoms with E-state index in [1.807, 2.05) is 25.1 Å². The predicted octanol–water partition coefficient (Wildman–Crippen LogP) is 4.92. The Morgan fingerprint density at radius 1 is 1.11 bits per heavy atom. The molecule has 0 spiro atoms. The average Bonchev–Trinajstić information content (AvgIpc) is 2.40. The van der Waals surface area contributed by atoms with Crippen molar-refractivity contribution in [1.82, 2.24) is 0 Å². The van der Waals surface area contributed by atoms with Gasteiger partial charge in [-0.25, -0.2) is 0 Å². The highest BCUT2D eigenvalue weighted by Crippen LogP contribution is 2.26. The molecule has 0 saturated carbocycles. The number of hydrogen-bond donors (Lipinski definition) is 1. The van der Waals surface area contributed by atoms with Gasteiger partial charge in [-0.1, -0.05) is 35.3 Å². The van der Waals surface area contributed by atoms with Crippen LogP contribution in [0.1, 0.15) is 11.1 Å². The Labute approximate surface area is 123 Å². The number of anilines is 1. The standard InChI is InChI=1S/C15H15Cl2NO/c1-10-7-11(3-6-15(10)19-2)9-18-14-8-12(16)4-5-13(14)17/h3-8,18H,9H2,1-2H3. The van der Waals surface area contributed by atoms with Crippen molar-refractivity contribution in [2.24, 2.45) is 0 Å². The van der Waals surface area contributed by atoms with E-state index < -0.39 is 0 Å². The lowest BCUT2D eigenvalue weighted by Gasteiger charge is -2.11. The summed E-state index contributed by atoms with van der Waals surface area (Å²) >= 11 is 12.0. The summed E-state index contributed by atoms with van der Waals surface area (Å²) in [5, 5.41) is 4.60. The monoisotopic (exact) mass is 295 g/mol. The van der Waals surface area contributed by atoms with E-state index in [2.05, 4.69) is 11.4 Å². The van der Waals surface area contributed by atoms with Gasteiger partial charge in [-0.15, -0.1) is 0 Å². The smallest absolute Gasteiger partial charge is 0.121 e. The molecule has 0 atom stereocenters. The fourth-order valence-electron chi connectivity index (χ4n) is 1.88. The van der Waals surface area contributed by atoms with Gasteiger partial charge in [0.25, 0.3) is 0 Å². The van der Waals surface area contributed by atoms with Crippen LogP contribution in [-0.2, 0) is 6.54 Å². The molecule has 0 aromatic heterocycles. The molecular formula is C15H15Cl2NO. The maximum absolute atomic E-state index is 6.10. The number of benzene rings is 2. The molecule has 2 aromatic carbocycles. The Morgan fingerprint density at radius 3 is 2.58 bits per heavy atom. The second-order valence-corrected chi connectivity index (χ2v) is 5.13. The first kappa shape index (κ1) is 14.0. The first-order valence-electron chi connectivity index (χ1n) is 5.92. The first-order chi connectivity index (χ1) is 9.10. The molecule has 0 aliphatic rings. The SMILES string of the molecule is COc1ccc(CNc2cc(Cl)ccc2Cl)cc1C. The minimum atomic E-state index is 0.662. The Bertz CT molecular complexity index is 584. The lowest BCUT2D eigenvalue weighted by atomic mass is 10.1. The molecule has 100 valence electrons. The Kier molecular flexibility index (Phi) is 4.56. The lowest BCUT2D eigenvalue weighted by molar-refractivity contribution is 0.411. The Balaban J connectivity index is 2.10. The molecule has 2 aromatic rings. The lowest BCUT2D eigenvalue weighted by Crippen LogP contribution is -2.00. The molecule has 4 heteroatoms. The normalized spacial score (nSPS) is 10.3. The van der Waals surface area contributed by atoms with Crippen molar-refractivity contribution in [3.05, 3.63) is 57.6 Å². The van der Waals surface area contributed by atoms with Crippen LogP contribution in [0.25, 0.3) is 0 Å². The zero-order valence-corrected chi connectivity index (χ0v) is 12.3. The summed E-state index contributed by atoms with van der Waals surface area (Å²) in [5.41, 5.74) is 3.11. The second kappa shape index (κ2) is 6.18. The molecular weight excluding hydrogens is 281 g/mol. The average molecular weight is 296 g/mol. The van der Waals surface area contributed by atoms with Crippen LogP contribution in [0.15, 0.2) is 36.4 Å². The van der Waals surface area contributed by atoms with E-state index >= 15 is 0 Å². The summed E-state index contributed by atoms with van der Waals surface area (Å²) in [6, 6.07) is 11.5. The third kappa shape index (κ3) is 3.55. The van der Waals surface area contributed by atoms with E-state index in [1.54, 1.807) is 19.2 Å². The van der Waals surface area contributed by atoms with Crippen molar-refractivity contribution in [1.29, 1.82) is 0 Å². The molecule has 0 bridgehead atoms. The van der Waals surface area contributed by atoms with Crippen LogP contribution >= 0.6 is 23.2 Å². The summed E-state index contributed by atoms with van der Waals surface area (Å²) in [4.78, 5) is 0. The summed E-state index contributed by atoms with van der Waals surface area (Å²) in [6.45, 7) is 2.71. The van der Waals surface area contributed by atoms with Gasteiger partial charge in [0.2, 0.25) is 0 Å². The molecule has 0 aliphatic heterocycles. The summed E-state index contributed by atoms with van der Waals surface area (Å²) < 4.78 is 5.24. The van der Waals surface area contributed by atoms with Crippen molar-refractivity contribution < 1.29 is 4.74 Å². The van der Waals surface area contributed by atoms with Gasteiger partial charge in [0, 0.05) is 11.6 Å². The van der Waals surface area contributed by atoms with Crippen molar-refractivity contribution in [2.45, 2.75) is 13.5 Å².